The number of hydrogen-bond acceptors (Lipinski definition) is 10. The lowest BCUT2D eigenvalue weighted by atomic mass is 9.97. The van der Waals surface area contributed by atoms with Crippen LogP contribution in [0.4, 0.5) is 5.13 Å². The minimum absolute atomic E-state index is 0.0162. The zero-order valence-corrected chi connectivity index (χ0v) is 26.4. The lowest BCUT2D eigenvalue weighted by Crippen LogP contribution is -2.42. The van der Waals surface area contributed by atoms with Gasteiger partial charge in [-0.25, -0.2) is 22.0 Å². The van der Waals surface area contributed by atoms with Crippen LogP contribution in [0.25, 0.3) is 28.1 Å². The molecule has 0 radical (unpaired) electrons. The number of rotatable bonds is 8. The van der Waals surface area contributed by atoms with Gasteiger partial charge in [-0.2, -0.15) is 4.57 Å². The van der Waals surface area contributed by atoms with Crippen LogP contribution in [0.1, 0.15) is 25.5 Å². The van der Waals surface area contributed by atoms with E-state index in [0.717, 1.165) is 33.8 Å². The van der Waals surface area contributed by atoms with Crippen molar-refractivity contribution in [3.8, 4) is 28.1 Å². The summed E-state index contributed by atoms with van der Waals surface area (Å²) in [5, 5.41) is 11.9. The van der Waals surface area contributed by atoms with Crippen LogP contribution in [0.3, 0.4) is 0 Å². The van der Waals surface area contributed by atoms with Gasteiger partial charge in [0.05, 0.1) is 15.7 Å². The molecule has 3 aromatic carbocycles. The fraction of sp³-hybridized carbons (Fsp3) is 0.107. The molecular weight excluding hydrogens is 650 g/mol. The molecule has 0 bridgehead atoms. The van der Waals surface area contributed by atoms with Crippen LogP contribution in [0.5, 0.6) is 0 Å². The molecule has 0 amide bonds. The number of nitrogens with two attached hydrogens (primary N) is 1. The fourth-order valence-electron chi connectivity index (χ4n) is 4.26. The Morgan fingerprint density at radius 1 is 0.795 bits per heavy atom. The van der Waals surface area contributed by atoms with E-state index >= 15 is 0 Å². The van der Waals surface area contributed by atoms with Gasteiger partial charge in [0.25, 0.3) is 20.0 Å². The molecule has 230 valence electrons. The van der Waals surface area contributed by atoms with E-state index in [9.17, 15) is 16.8 Å². The summed E-state index contributed by atoms with van der Waals surface area (Å²) in [5.74, 6) is 0.154. The Labute approximate surface area is 261 Å². The van der Waals surface area contributed by atoms with E-state index in [0.29, 0.717) is 11.3 Å². The predicted octanol–water partition coefficient (Wildman–Crippen LogP) is 1.15. The van der Waals surface area contributed by atoms with Gasteiger partial charge in [-0.1, -0.05) is 73.7 Å². The lowest BCUT2D eigenvalue weighted by Gasteiger charge is -2.14. The van der Waals surface area contributed by atoms with Crippen molar-refractivity contribution in [3.63, 3.8) is 0 Å². The van der Waals surface area contributed by atoms with Crippen LogP contribution < -0.4 is 28.4 Å². The standard InChI is InChI=1S/C28H26N5O4S3.ClO3/c1-19(2)25-17-22(20-9-5-3-6-10-20)18-26(21-11-7-4-8-12-21)33(25)23-13-15-24(16-14-23)40(36,37)32-27-30-31-28(38-27)39(29,34)35;2-1(3)4/h3-19H,1-2H3,(H,30,32)(H2,29,34,35);/q+1;-1. The summed E-state index contributed by atoms with van der Waals surface area (Å²) in [5.41, 5.74) is 6.00. The molecule has 0 saturated heterocycles. The molecule has 0 aliphatic rings. The van der Waals surface area contributed by atoms with Gasteiger partial charge in [0.15, 0.2) is 5.69 Å². The van der Waals surface area contributed by atoms with E-state index in [2.05, 4.69) is 57.6 Å². The van der Waals surface area contributed by atoms with E-state index < -0.39 is 35.2 Å². The van der Waals surface area contributed by atoms with Gasteiger partial charge in [-0.3, -0.25) is 4.72 Å². The zero-order valence-electron chi connectivity index (χ0n) is 23.2. The van der Waals surface area contributed by atoms with Gasteiger partial charge in [0.1, 0.15) is 0 Å². The molecule has 0 spiro atoms. The SMILES string of the molecule is CC(C)c1cc(-c2ccccc2)cc(-c2ccccc2)[n+]1-c1ccc(S(=O)(=O)Nc2nnc(S(N)(=O)=O)s2)cc1.[O-][Cl+2]([O-])[O-]. The van der Waals surface area contributed by atoms with Crippen molar-refractivity contribution in [2.24, 2.45) is 5.14 Å². The summed E-state index contributed by atoms with van der Waals surface area (Å²) in [7, 11) is -11.0. The summed E-state index contributed by atoms with van der Waals surface area (Å²) in [6.07, 6.45) is 0. The van der Waals surface area contributed by atoms with Gasteiger partial charge in [-0.15, -0.1) is 10.2 Å². The molecular formula is C28H26ClN5O7S3. The quantitative estimate of drug-likeness (QED) is 0.226. The molecule has 5 aromatic rings. The van der Waals surface area contributed by atoms with E-state index in [4.69, 9.17) is 19.1 Å². The maximum absolute atomic E-state index is 13.0. The predicted molar refractivity (Wildman–Crippen MR) is 155 cm³/mol. The summed E-state index contributed by atoms with van der Waals surface area (Å²) in [4.78, 5) is -0.0162. The first-order valence-corrected chi connectivity index (χ1v) is 17.5. The van der Waals surface area contributed by atoms with Crippen molar-refractivity contribution in [2.45, 2.75) is 29.0 Å². The molecule has 5 rings (SSSR count). The van der Waals surface area contributed by atoms with Gasteiger partial charge in [-0.05, 0) is 35.4 Å². The molecule has 0 atom stereocenters. The third-order valence-corrected chi connectivity index (χ3v) is 9.77. The first kappa shape index (κ1) is 33.1. The van der Waals surface area contributed by atoms with Crippen LogP contribution in [-0.4, -0.2) is 27.0 Å². The second kappa shape index (κ2) is 13.9. The van der Waals surface area contributed by atoms with E-state index in [1.807, 2.05) is 48.5 Å². The minimum atomic E-state index is -4.09. The molecule has 16 heteroatoms. The van der Waals surface area contributed by atoms with Crippen LogP contribution in [0.2, 0.25) is 0 Å². The van der Waals surface area contributed by atoms with E-state index in [1.165, 1.54) is 12.1 Å². The fourth-order valence-corrected chi connectivity index (χ4v) is 6.83. The average Bonchev–Trinajstić information content (AvgIpc) is 3.46. The Bertz CT molecular complexity index is 1940. The van der Waals surface area contributed by atoms with Gasteiger partial charge >= 0.3 is 0 Å². The van der Waals surface area contributed by atoms with Gasteiger partial charge in [0.2, 0.25) is 20.9 Å². The number of nitrogens with one attached hydrogen (secondary N) is 1. The molecule has 2 heterocycles. The number of anilines is 1. The Hall–Kier alpha value is -3.80. The largest absolute Gasteiger partial charge is 0.357 e. The molecule has 0 aliphatic heterocycles. The molecule has 3 N–H and O–H groups in total. The number of aromatic nitrogens is 3. The number of halogens is 1. The highest BCUT2D eigenvalue weighted by molar-refractivity contribution is 7.93. The van der Waals surface area contributed by atoms with Crippen molar-refractivity contribution >= 4 is 36.5 Å². The minimum Gasteiger partial charge on any atom is -0.357 e. The molecule has 0 saturated carbocycles. The molecule has 12 nitrogen and oxygen atoms in total. The van der Waals surface area contributed by atoms with Crippen LogP contribution in [0.15, 0.2) is 106 Å². The second-order valence-electron chi connectivity index (χ2n) is 9.48. The maximum atomic E-state index is 13.0. The van der Waals surface area contributed by atoms with Crippen molar-refractivity contribution in [2.75, 3.05) is 4.72 Å². The number of benzene rings is 3. The third-order valence-electron chi connectivity index (χ3n) is 6.14. The summed E-state index contributed by atoms with van der Waals surface area (Å²) >= 11 is 0.536. The Morgan fingerprint density at radius 2 is 1.34 bits per heavy atom. The average molecular weight is 676 g/mol. The maximum Gasteiger partial charge on any atom is 0.267 e. The van der Waals surface area contributed by atoms with Crippen molar-refractivity contribution < 1.29 is 46.2 Å². The molecule has 0 fully saturated rings. The van der Waals surface area contributed by atoms with Crippen molar-refractivity contribution in [3.05, 3.63) is 103 Å². The first-order valence-electron chi connectivity index (χ1n) is 12.7. The van der Waals surface area contributed by atoms with Gasteiger partial charge < -0.3 is 14.0 Å². The number of nitrogens with zero attached hydrogens (tertiary/aromatic N) is 3. The monoisotopic (exact) mass is 675 g/mol. The Kier molecular flexibility index (Phi) is 10.4. The number of pyridine rings is 1. The second-order valence-corrected chi connectivity index (χ2v) is 14.3. The summed E-state index contributed by atoms with van der Waals surface area (Å²) < 4.78 is 78.1. The number of primary sulfonamides is 1. The third kappa shape index (κ3) is 8.22. The van der Waals surface area contributed by atoms with Crippen LogP contribution in [0, 0.1) is 10.8 Å². The Balaban J connectivity index is 0.00000104. The van der Waals surface area contributed by atoms with Crippen LogP contribution in [-0.2, 0) is 20.0 Å². The first-order chi connectivity index (χ1) is 20.8. The molecule has 44 heavy (non-hydrogen) atoms. The normalized spacial score (nSPS) is 11.7. The van der Waals surface area contributed by atoms with E-state index in [-0.39, 0.29) is 15.9 Å². The lowest BCUT2D eigenvalue weighted by molar-refractivity contribution is -1.73. The van der Waals surface area contributed by atoms with Crippen molar-refractivity contribution in [1.82, 2.24) is 10.2 Å². The summed E-state index contributed by atoms with van der Waals surface area (Å²) in [6.45, 7) is 4.24. The number of sulfonamides is 2. The van der Waals surface area contributed by atoms with Crippen molar-refractivity contribution in [1.29, 1.82) is 0 Å². The smallest absolute Gasteiger partial charge is 0.267 e. The van der Waals surface area contributed by atoms with Crippen LogP contribution >= 0.6 is 11.3 Å². The Morgan fingerprint density at radius 3 is 1.84 bits per heavy atom. The molecule has 2 aromatic heterocycles. The highest BCUT2D eigenvalue weighted by atomic mass is 35.6. The molecule has 0 aliphatic carbocycles. The highest BCUT2D eigenvalue weighted by Gasteiger charge is 2.27. The summed E-state index contributed by atoms with van der Waals surface area (Å²) in [6, 6.07) is 31.0. The van der Waals surface area contributed by atoms with E-state index in [1.54, 1.807) is 12.1 Å². The topological polar surface area (TPSA) is 205 Å². The highest BCUT2D eigenvalue weighted by Crippen LogP contribution is 2.29. The zero-order chi connectivity index (χ0) is 32.1. The molecule has 0 unspecified atom stereocenters. The van der Waals surface area contributed by atoms with Gasteiger partial charge in [0, 0.05) is 35.7 Å². The number of hydrogen-bond donors (Lipinski definition) is 2.